The van der Waals surface area contributed by atoms with E-state index in [-0.39, 0.29) is 28.1 Å². The minimum absolute atomic E-state index is 0.0839. The fourth-order valence-electron chi connectivity index (χ4n) is 2.89. The van der Waals surface area contributed by atoms with Crippen molar-refractivity contribution in [3.8, 4) is 5.75 Å². The highest BCUT2D eigenvalue weighted by molar-refractivity contribution is 14.1. The van der Waals surface area contributed by atoms with Crippen molar-refractivity contribution in [1.82, 2.24) is 5.32 Å². The molecule has 0 bridgehead atoms. The van der Waals surface area contributed by atoms with E-state index in [4.69, 9.17) is 4.74 Å². The first-order valence-corrected chi connectivity index (χ1v) is 11.7. The predicted molar refractivity (Wildman–Crippen MR) is 125 cm³/mol. The molecule has 0 aliphatic rings. The molecule has 0 aliphatic carbocycles. The van der Waals surface area contributed by atoms with Crippen LogP contribution in [0.5, 0.6) is 5.75 Å². The zero-order valence-corrected chi connectivity index (χ0v) is 19.4. The summed E-state index contributed by atoms with van der Waals surface area (Å²) in [4.78, 5) is 12.9. The standard InChI is InChI=1S/C22H21IN2O4S/c1-15(16-8-4-3-5-9-16)24-22(26)18-10-6-7-11-20(18)25-30(27,28)17-12-13-21(29-2)19(23)14-17/h3-15,25H,1-2H3,(H,24,26)/t15-/m0/s1. The Morgan fingerprint density at radius 2 is 1.67 bits per heavy atom. The molecule has 3 aromatic rings. The van der Waals surface area contributed by atoms with Gasteiger partial charge >= 0.3 is 0 Å². The van der Waals surface area contributed by atoms with Crippen LogP contribution in [0.2, 0.25) is 0 Å². The Labute approximate surface area is 189 Å². The minimum atomic E-state index is -3.89. The molecule has 3 rings (SSSR count). The van der Waals surface area contributed by atoms with Crippen molar-refractivity contribution in [3.63, 3.8) is 0 Å². The second-order valence-corrected chi connectivity index (χ2v) is 9.40. The van der Waals surface area contributed by atoms with Gasteiger partial charge in [-0.25, -0.2) is 8.42 Å². The van der Waals surface area contributed by atoms with Crippen LogP contribution in [-0.4, -0.2) is 21.4 Å². The number of hydrogen-bond donors (Lipinski definition) is 2. The molecule has 0 saturated heterocycles. The second kappa shape index (κ2) is 9.48. The molecule has 0 fully saturated rings. The van der Waals surface area contributed by atoms with Crippen LogP contribution in [0.1, 0.15) is 28.9 Å². The van der Waals surface area contributed by atoms with Crippen molar-refractivity contribution in [2.75, 3.05) is 11.8 Å². The van der Waals surface area contributed by atoms with Gasteiger partial charge < -0.3 is 10.1 Å². The molecule has 0 unspecified atom stereocenters. The Kier molecular flexibility index (Phi) is 6.99. The molecule has 1 atom stereocenters. The summed E-state index contributed by atoms with van der Waals surface area (Å²) in [5.74, 6) is 0.221. The van der Waals surface area contributed by atoms with E-state index in [1.807, 2.05) is 59.8 Å². The van der Waals surface area contributed by atoms with Gasteiger partial charge in [-0.15, -0.1) is 0 Å². The van der Waals surface area contributed by atoms with E-state index in [0.29, 0.717) is 9.32 Å². The highest BCUT2D eigenvalue weighted by atomic mass is 127. The third kappa shape index (κ3) is 5.11. The Hall–Kier alpha value is -2.59. The van der Waals surface area contributed by atoms with Gasteiger partial charge in [0.2, 0.25) is 0 Å². The SMILES string of the molecule is COc1ccc(S(=O)(=O)Nc2ccccc2C(=O)N[C@@H](C)c2ccccc2)cc1I. The summed E-state index contributed by atoms with van der Waals surface area (Å²) in [6, 6.07) is 20.4. The van der Waals surface area contributed by atoms with Gasteiger partial charge in [-0.2, -0.15) is 0 Å². The van der Waals surface area contributed by atoms with Gasteiger partial charge in [0.15, 0.2) is 0 Å². The average molecular weight is 536 g/mol. The summed E-state index contributed by atoms with van der Waals surface area (Å²) in [5, 5.41) is 2.91. The molecule has 0 aromatic heterocycles. The van der Waals surface area contributed by atoms with Crippen LogP contribution < -0.4 is 14.8 Å². The molecule has 0 aliphatic heterocycles. The highest BCUT2D eigenvalue weighted by Crippen LogP contribution is 2.26. The summed E-state index contributed by atoms with van der Waals surface area (Å²) in [6.45, 7) is 1.87. The van der Waals surface area contributed by atoms with Gasteiger partial charge in [0, 0.05) is 0 Å². The number of rotatable bonds is 7. The number of amides is 1. The van der Waals surface area contributed by atoms with E-state index in [2.05, 4.69) is 10.0 Å². The molecular weight excluding hydrogens is 515 g/mol. The Morgan fingerprint density at radius 3 is 2.33 bits per heavy atom. The number of methoxy groups -OCH3 is 1. The van der Waals surface area contributed by atoms with Gasteiger partial charge in [0.05, 0.1) is 32.9 Å². The smallest absolute Gasteiger partial charge is 0.261 e. The molecule has 30 heavy (non-hydrogen) atoms. The van der Waals surface area contributed by atoms with Crippen LogP contribution in [-0.2, 0) is 10.0 Å². The number of sulfonamides is 1. The molecular formula is C22H21IN2O4S. The zero-order chi connectivity index (χ0) is 21.7. The number of carbonyl (C=O) groups excluding carboxylic acids is 1. The van der Waals surface area contributed by atoms with E-state index in [0.717, 1.165) is 5.56 Å². The molecule has 0 saturated carbocycles. The van der Waals surface area contributed by atoms with Crippen LogP contribution in [0, 0.1) is 3.57 Å². The number of hydrogen-bond acceptors (Lipinski definition) is 4. The number of halogens is 1. The molecule has 156 valence electrons. The molecule has 3 aromatic carbocycles. The predicted octanol–water partition coefficient (Wildman–Crippen LogP) is 4.59. The third-order valence-corrected chi connectivity index (χ3v) is 6.70. The first kappa shape index (κ1) is 22.1. The lowest BCUT2D eigenvalue weighted by molar-refractivity contribution is 0.0941. The lowest BCUT2D eigenvalue weighted by Crippen LogP contribution is -2.28. The van der Waals surface area contributed by atoms with E-state index in [1.54, 1.807) is 30.3 Å². The molecule has 0 radical (unpaired) electrons. The van der Waals surface area contributed by atoms with Crippen LogP contribution in [0.4, 0.5) is 5.69 Å². The Morgan fingerprint density at radius 1 is 1.00 bits per heavy atom. The largest absolute Gasteiger partial charge is 0.496 e. The molecule has 1 amide bonds. The summed E-state index contributed by atoms with van der Waals surface area (Å²) >= 11 is 2.01. The van der Waals surface area contributed by atoms with Gasteiger partial charge in [0.1, 0.15) is 5.75 Å². The van der Waals surface area contributed by atoms with Crippen molar-refractivity contribution in [3.05, 3.63) is 87.5 Å². The van der Waals surface area contributed by atoms with Crippen LogP contribution in [0.3, 0.4) is 0 Å². The fourth-order valence-corrected chi connectivity index (χ4v) is 4.94. The van der Waals surface area contributed by atoms with E-state index in [1.165, 1.54) is 19.2 Å². The highest BCUT2D eigenvalue weighted by Gasteiger charge is 2.20. The van der Waals surface area contributed by atoms with Gasteiger partial charge in [-0.1, -0.05) is 42.5 Å². The Balaban J connectivity index is 1.84. The zero-order valence-electron chi connectivity index (χ0n) is 16.4. The molecule has 8 heteroatoms. The number of benzene rings is 3. The molecule has 0 spiro atoms. The van der Waals surface area contributed by atoms with Crippen LogP contribution in [0.25, 0.3) is 0 Å². The maximum atomic E-state index is 12.9. The molecule has 0 heterocycles. The van der Waals surface area contributed by atoms with E-state index < -0.39 is 10.0 Å². The topological polar surface area (TPSA) is 84.5 Å². The van der Waals surface area contributed by atoms with Gasteiger partial charge in [-0.3, -0.25) is 9.52 Å². The van der Waals surface area contributed by atoms with Crippen molar-refractivity contribution in [2.45, 2.75) is 17.9 Å². The number of anilines is 1. The fraction of sp³-hybridized carbons (Fsp3) is 0.136. The first-order valence-electron chi connectivity index (χ1n) is 9.13. The monoisotopic (exact) mass is 536 g/mol. The van der Waals surface area contributed by atoms with E-state index in [9.17, 15) is 13.2 Å². The number of nitrogens with one attached hydrogen (secondary N) is 2. The maximum Gasteiger partial charge on any atom is 0.261 e. The van der Waals surface area contributed by atoms with Crippen molar-refractivity contribution >= 4 is 44.2 Å². The lowest BCUT2D eigenvalue weighted by Gasteiger charge is -2.17. The normalized spacial score (nSPS) is 12.1. The number of carbonyl (C=O) groups is 1. The maximum absolute atomic E-state index is 12.9. The number of para-hydroxylation sites is 1. The van der Waals surface area contributed by atoms with Gasteiger partial charge in [0.25, 0.3) is 15.9 Å². The van der Waals surface area contributed by atoms with E-state index >= 15 is 0 Å². The van der Waals surface area contributed by atoms with Gasteiger partial charge in [-0.05, 0) is 65.4 Å². The summed E-state index contributed by atoms with van der Waals surface area (Å²) in [5.41, 5.74) is 1.41. The second-order valence-electron chi connectivity index (χ2n) is 6.55. The minimum Gasteiger partial charge on any atom is -0.496 e. The van der Waals surface area contributed by atoms with Crippen molar-refractivity contribution in [1.29, 1.82) is 0 Å². The summed E-state index contributed by atoms with van der Waals surface area (Å²) in [6.07, 6.45) is 0. The van der Waals surface area contributed by atoms with Crippen molar-refractivity contribution in [2.24, 2.45) is 0 Å². The molecule has 6 nitrogen and oxygen atoms in total. The average Bonchev–Trinajstić information content (AvgIpc) is 2.74. The lowest BCUT2D eigenvalue weighted by atomic mass is 10.1. The number of ether oxygens (including phenoxy) is 1. The first-order chi connectivity index (χ1) is 14.3. The quantitative estimate of drug-likeness (QED) is 0.433. The molecule has 2 N–H and O–H groups in total. The van der Waals surface area contributed by atoms with Crippen LogP contribution in [0.15, 0.2) is 77.7 Å². The van der Waals surface area contributed by atoms with Crippen molar-refractivity contribution < 1.29 is 17.9 Å². The third-order valence-electron chi connectivity index (χ3n) is 4.50. The Bertz CT molecular complexity index is 1150. The summed E-state index contributed by atoms with van der Waals surface area (Å²) in [7, 11) is -2.36. The van der Waals surface area contributed by atoms with Crippen LogP contribution >= 0.6 is 22.6 Å². The summed E-state index contributed by atoms with van der Waals surface area (Å²) < 4.78 is 34.1.